The van der Waals surface area contributed by atoms with Crippen molar-refractivity contribution in [2.45, 2.75) is 6.42 Å². The second-order valence-corrected chi connectivity index (χ2v) is 3.84. The van der Waals surface area contributed by atoms with Gasteiger partial charge in [0, 0.05) is 16.5 Å². The smallest absolute Gasteiger partial charge is 0.0628 e. The number of nitrogens with two attached hydrogens (primary N) is 4. The van der Waals surface area contributed by atoms with Crippen molar-refractivity contribution in [2.24, 2.45) is 5.73 Å². The van der Waals surface area contributed by atoms with E-state index in [4.69, 9.17) is 22.9 Å². The standard InChI is InChI=1S/C12H16N4/c13-6-5-7-1-2-9-8(11(7)15)3-4-10(14)12(9)16/h1-4H,5-6,13-16H2. The molecule has 0 amide bonds. The van der Waals surface area contributed by atoms with Gasteiger partial charge in [-0.3, -0.25) is 0 Å². The Hall–Kier alpha value is -1.94. The third-order valence-corrected chi connectivity index (χ3v) is 2.82. The number of benzene rings is 2. The van der Waals surface area contributed by atoms with E-state index in [9.17, 15) is 0 Å². The van der Waals surface area contributed by atoms with Crippen molar-refractivity contribution in [1.82, 2.24) is 0 Å². The molecule has 16 heavy (non-hydrogen) atoms. The average molecular weight is 216 g/mol. The monoisotopic (exact) mass is 216 g/mol. The minimum absolute atomic E-state index is 0.582. The zero-order valence-corrected chi connectivity index (χ0v) is 9.03. The van der Waals surface area contributed by atoms with Gasteiger partial charge < -0.3 is 22.9 Å². The number of hydrogen-bond donors (Lipinski definition) is 4. The van der Waals surface area contributed by atoms with Crippen LogP contribution in [-0.2, 0) is 6.42 Å². The first kappa shape index (κ1) is 10.6. The Morgan fingerprint density at radius 2 is 1.44 bits per heavy atom. The van der Waals surface area contributed by atoms with Crippen molar-refractivity contribution in [3.05, 3.63) is 29.8 Å². The first-order chi connectivity index (χ1) is 7.65. The summed E-state index contributed by atoms with van der Waals surface area (Å²) in [6.45, 7) is 0.583. The normalized spacial score (nSPS) is 10.8. The van der Waals surface area contributed by atoms with Gasteiger partial charge in [-0.1, -0.05) is 18.2 Å². The molecule has 4 heteroatoms. The second-order valence-electron chi connectivity index (χ2n) is 3.84. The Morgan fingerprint density at radius 1 is 0.812 bits per heavy atom. The van der Waals surface area contributed by atoms with Crippen LogP contribution in [0, 0.1) is 0 Å². The maximum absolute atomic E-state index is 6.07. The van der Waals surface area contributed by atoms with Gasteiger partial charge in [-0.15, -0.1) is 0 Å². The van der Waals surface area contributed by atoms with Crippen molar-refractivity contribution in [2.75, 3.05) is 23.7 Å². The minimum Gasteiger partial charge on any atom is -0.398 e. The SMILES string of the molecule is NCCc1ccc2c(N)c(N)ccc2c1N. The molecule has 0 saturated carbocycles. The Balaban J connectivity index is 2.71. The molecule has 0 fully saturated rings. The van der Waals surface area contributed by atoms with Gasteiger partial charge in [-0.2, -0.15) is 0 Å². The summed E-state index contributed by atoms with van der Waals surface area (Å²) in [5.41, 5.74) is 26.2. The predicted molar refractivity (Wildman–Crippen MR) is 69.9 cm³/mol. The van der Waals surface area contributed by atoms with Crippen LogP contribution in [-0.4, -0.2) is 6.54 Å². The van der Waals surface area contributed by atoms with Crippen LogP contribution in [0.4, 0.5) is 17.1 Å². The molecule has 0 aliphatic heterocycles. The molecular formula is C12H16N4. The van der Waals surface area contributed by atoms with Gasteiger partial charge in [0.1, 0.15) is 0 Å². The van der Waals surface area contributed by atoms with Gasteiger partial charge in [-0.05, 0) is 24.6 Å². The second kappa shape index (κ2) is 3.90. The van der Waals surface area contributed by atoms with Gasteiger partial charge in [0.2, 0.25) is 0 Å². The summed E-state index contributed by atoms with van der Waals surface area (Å²) in [5, 5.41) is 1.84. The minimum atomic E-state index is 0.582. The van der Waals surface area contributed by atoms with E-state index in [0.29, 0.717) is 17.9 Å². The molecule has 0 bridgehead atoms. The Labute approximate surface area is 94.2 Å². The molecule has 0 spiro atoms. The molecule has 0 aliphatic carbocycles. The molecule has 2 rings (SSSR count). The fourth-order valence-electron chi connectivity index (χ4n) is 1.89. The molecule has 0 aromatic heterocycles. The third kappa shape index (κ3) is 1.53. The summed E-state index contributed by atoms with van der Waals surface area (Å²) in [4.78, 5) is 0. The van der Waals surface area contributed by atoms with Crippen LogP contribution in [0.5, 0.6) is 0 Å². The predicted octanol–water partition coefficient (Wildman–Crippen LogP) is 1.09. The van der Waals surface area contributed by atoms with Crippen molar-refractivity contribution in [1.29, 1.82) is 0 Å². The largest absolute Gasteiger partial charge is 0.398 e. The molecule has 0 aliphatic rings. The maximum atomic E-state index is 6.07. The Morgan fingerprint density at radius 3 is 2.12 bits per heavy atom. The first-order valence-electron chi connectivity index (χ1n) is 5.20. The Kier molecular flexibility index (Phi) is 2.58. The van der Waals surface area contributed by atoms with Crippen LogP contribution in [0.2, 0.25) is 0 Å². The van der Waals surface area contributed by atoms with Gasteiger partial charge in [-0.25, -0.2) is 0 Å². The number of fused-ring (bicyclic) bond motifs is 1. The van der Waals surface area contributed by atoms with Crippen molar-refractivity contribution in [3.63, 3.8) is 0 Å². The van der Waals surface area contributed by atoms with Crippen molar-refractivity contribution >= 4 is 27.8 Å². The van der Waals surface area contributed by atoms with E-state index in [1.54, 1.807) is 6.07 Å². The van der Waals surface area contributed by atoms with E-state index >= 15 is 0 Å². The van der Waals surface area contributed by atoms with Gasteiger partial charge in [0.15, 0.2) is 0 Å². The van der Waals surface area contributed by atoms with Gasteiger partial charge >= 0.3 is 0 Å². The summed E-state index contributed by atoms with van der Waals surface area (Å²) in [6.07, 6.45) is 0.770. The zero-order valence-electron chi connectivity index (χ0n) is 9.03. The molecule has 84 valence electrons. The Bertz CT molecular complexity index is 534. The van der Waals surface area contributed by atoms with E-state index in [1.165, 1.54) is 0 Å². The van der Waals surface area contributed by atoms with Gasteiger partial charge in [0.25, 0.3) is 0 Å². The molecular weight excluding hydrogens is 200 g/mol. The summed E-state index contributed by atoms with van der Waals surface area (Å²) < 4.78 is 0. The van der Waals surface area contributed by atoms with Gasteiger partial charge in [0.05, 0.1) is 11.4 Å². The van der Waals surface area contributed by atoms with Crippen LogP contribution in [0.15, 0.2) is 24.3 Å². The van der Waals surface area contributed by atoms with E-state index in [0.717, 1.165) is 28.4 Å². The van der Waals surface area contributed by atoms with E-state index in [1.807, 2.05) is 18.2 Å². The summed E-state index contributed by atoms with van der Waals surface area (Å²) in [7, 11) is 0. The van der Waals surface area contributed by atoms with E-state index in [2.05, 4.69) is 0 Å². The molecule has 0 unspecified atom stereocenters. The molecule has 0 atom stereocenters. The highest BCUT2D eigenvalue weighted by molar-refractivity contribution is 6.04. The lowest BCUT2D eigenvalue weighted by molar-refractivity contribution is 0.973. The van der Waals surface area contributed by atoms with Crippen LogP contribution < -0.4 is 22.9 Å². The van der Waals surface area contributed by atoms with Crippen molar-refractivity contribution in [3.8, 4) is 0 Å². The van der Waals surface area contributed by atoms with Crippen molar-refractivity contribution < 1.29 is 0 Å². The van der Waals surface area contributed by atoms with Crippen LogP contribution in [0.1, 0.15) is 5.56 Å². The third-order valence-electron chi connectivity index (χ3n) is 2.82. The fraction of sp³-hybridized carbons (Fsp3) is 0.167. The highest BCUT2D eigenvalue weighted by atomic mass is 14.7. The average Bonchev–Trinajstić information content (AvgIpc) is 2.28. The molecule has 0 heterocycles. The highest BCUT2D eigenvalue weighted by Gasteiger charge is 2.07. The molecule has 0 radical (unpaired) electrons. The van der Waals surface area contributed by atoms with Crippen LogP contribution >= 0.6 is 0 Å². The summed E-state index contributed by atoms with van der Waals surface area (Å²) in [6, 6.07) is 7.58. The number of hydrogen-bond acceptors (Lipinski definition) is 4. The molecule has 2 aromatic rings. The first-order valence-corrected chi connectivity index (χ1v) is 5.20. The number of nitrogen functional groups attached to an aromatic ring is 3. The molecule has 2 aromatic carbocycles. The highest BCUT2D eigenvalue weighted by Crippen LogP contribution is 2.32. The lowest BCUT2D eigenvalue weighted by atomic mass is 10.0. The lowest BCUT2D eigenvalue weighted by Crippen LogP contribution is -2.06. The fourth-order valence-corrected chi connectivity index (χ4v) is 1.89. The topological polar surface area (TPSA) is 104 Å². The van der Waals surface area contributed by atoms with Crippen LogP contribution in [0.3, 0.4) is 0 Å². The van der Waals surface area contributed by atoms with Crippen LogP contribution in [0.25, 0.3) is 10.8 Å². The molecule has 4 nitrogen and oxygen atoms in total. The summed E-state index contributed by atoms with van der Waals surface area (Å²) in [5.74, 6) is 0. The number of anilines is 3. The quantitative estimate of drug-likeness (QED) is 0.564. The van der Waals surface area contributed by atoms with E-state index < -0.39 is 0 Å². The zero-order chi connectivity index (χ0) is 11.7. The molecule has 8 N–H and O–H groups in total. The molecule has 0 saturated heterocycles. The summed E-state index contributed by atoms with van der Waals surface area (Å²) >= 11 is 0. The van der Waals surface area contributed by atoms with E-state index in [-0.39, 0.29) is 0 Å². The number of rotatable bonds is 2. The lowest BCUT2D eigenvalue weighted by Gasteiger charge is -2.11. The maximum Gasteiger partial charge on any atom is 0.0628 e.